The van der Waals surface area contributed by atoms with E-state index >= 15 is 0 Å². The van der Waals surface area contributed by atoms with Crippen LogP contribution in [0.3, 0.4) is 0 Å². The Hall–Kier alpha value is -1.27. The highest BCUT2D eigenvalue weighted by Gasteiger charge is 2.12. The van der Waals surface area contributed by atoms with Crippen LogP contribution >= 0.6 is 0 Å². The van der Waals surface area contributed by atoms with E-state index in [9.17, 15) is 0 Å². The summed E-state index contributed by atoms with van der Waals surface area (Å²) < 4.78 is 1.91. The Morgan fingerprint density at radius 1 is 1.47 bits per heavy atom. The number of nitrogens with two attached hydrogens (primary N) is 1. The molecule has 0 saturated carbocycles. The third-order valence-corrected chi connectivity index (χ3v) is 2.67. The highest BCUT2D eigenvalue weighted by atomic mass is 15.3. The molecule has 1 aromatic heterocycles. The second-order valence-corrected chi connectivity index (χ2v) is 3.87. The van der Waals surface area contributed by atoms with Gasteiger partial charge in [0, 0.05) is 25.2 Å². The lowest BCUT2D eigenvalue weighted by Gasteiger charge is -2.08. The molecule has 0 aromatic carbocycles. The molecule has 82 valence electrons. The van der Waals surface area contributed by atoms with Gasteiger partial charge in [-0.05, 0) is 32.8 Å². The van der Waals surface area contributed by atoms with Crippen molar-refractivity contribution < 1.29 is 0 Å². The fourth-order valence-electron chi connectivity index (χ4n) is 1.68. The third-order valence-electron chi connectivity index (χ3n) is 2.67. The zero-order valence-corrected chi connectivity index (χ0v) is 9.96. The van der Waals surface area contributed by atoms with Gasteiger partial charge in [-0.25, -0.2) is 0 Å². The molecule has 0 bridgehead atoms. The summed E-state index contributed by atoms with van der Waals surface area (Å²) in [7, 11) is 1.96. The van der Waals surface area contributed by atoms with Crippen LogP contribution in [0.4, 0.5) is 0 Å². The molecule has 0 radical (unpaired) electrons. The maximum atomic E-state index is 6.00. The fraction of sp³-hybridized carbons (Fsp3) is 0.583. The average Bonchev–Trinajstić information content (AvgIpc) is 2.42. The molecule has 0 aliphatic rings. The van der Waals surface area contributed by atoms with Gasteiger partial charge in [0.2, 0.25) is 0 Å². The van der Waals surface area contributed by atoms with Gasteiger partial charge < -0.3 is 5.73 Å². The molecule has 1 aromatic rings. The molecule has 1 unspecified atom stereocenters. The first-order valence-corrected chi connectivity index (χ1v) is 5.20. The van der Waals surface area contributed by atoms with Crippen LogP contribution < -0.4 is 5.73 Å². The number of nitrogens with zero attached hydrogens (tertiary/aromatic N) is 2. The van der Waals surface area contributed by atoms with Crippen LogP contribution in [-0.4, -0.2) is 15.8 Å². The first-order chi connectivity index (χ1) is 7.06. The minimum atomic E-state index is 0.110. The van der Waals surface area contributed by atoms with Crippen molar-refractivity contribution in [2.75, 3.05) is 0 Å². The SMILES string of the molecule is CC#CCC(N)Cc1c(C)nn(C)c1C. The zero-order chi connectivity index (χ0) is 11.4. The third kappa shape index (κ3) is 2.84. The molecular formula is C12H19N3. The molecule has 15 heavy (non-hydrogen) atoms. The molecule has 0 fully saturated rings. The molecule has 0 amide bonds. The average molecular weight is 205 g/mol. The van der Waals surface area contributed by atoms with Crippen molar-refractivity contribution in [1.82, 2.24) is 9.78 Å². The Morgan fingerprint density at radius 3 is 2.60 bits per heavy atom. The van der Waals surface area contributed by atoms with Crippen molar-refractivity contribution >= 4 is 0 Å². The number of aryl methyl sites for hydroxylation is 2. The number of rotatable bonds is 3. The predicted molar refractivity (Wildman–Crippen MR) is 62.4 cm³/mol. The fourth-order valence-corrected chi connectivity index (χ4v) is 1.68. The Morgan fingerprint density at radius 2 is 2.13 bits per heavy atom. The maximum absolute atomic E-state index is 6.00. The first kappa shape index (κ1) is 11.8. The Kier molecular flexibility index (Phi) is 3.93. The number of aromatic nitrogens is 2. The van der Waals surface area contributed by atoms with Crippen molar-refractivity contribution in [3.05, 3.63) is 17.0 Å². The van der Waals surface area contributed by atoms with Crippen molar-refractivity contribution in [2.24, 2.45) is 12.8 Å². The van der Waals surface area contributed by atoms with E-state index in [4.69, 9.17) is 5.73 Å². The largest absolute Gasteiger partial charge is 0.327 e. The van der Waals surface area contributed by atoms with Gasteiger partial charge >= 0.3 is 0 Å². The van der Waals surface area contributed by atoms with E-state index in [0.29, 0.717) is 0 Å². The Bertz CT molecular complexity index is 393. The van der Waals surface area contributed by atoms with E-state index in [1.165, 1.54) is 11.3 Å². The summed E-state index contributed by atoms with van der Waals surface area (Å²) in [6.07, 6.45) is 1.62. The molecule has 0 saturated heterocycles. The quantitative estimate of drug-likeness (QED) is 0.756. The van der Waals surface area contributed by atoms with Crippen LogP contribution in [0.1, 0.15) is 30.3 Å². The van der Waals surface area contributed by atoms with Gasteiger partial charge in [0.25, 0.3) is 0 Å². The summed E-state index contributed by atoms with van der Waals surface area (Å²) in [5.41, 5.74) is 9.55. The Labute approximate surface area is 91.7 Å². The van der Waals surface area contributed by atoms with Crippen molar-refractivity contribution in [3.63, 3.8) is 0 Å². The summed E-state index contributed by atoms with van der Waals surface area (Å²) in [5.74, 6) is 5.88. The molecule has 1 rings (SSSR count). The highest BCUT2D eigenvalue weighted by Crippen LogP contribution is 2.14. The monoisotopic (exact) mass is 205 g/mol. The molecule has 0 aliphatic heterocycles. The molecule has 2 N–H and O–H groups in total. The second-order valence-electron chi connectivity index (χ2n) is 3.87. The van der Waals surface area contributed by atoms with E-state index in [-0.39, 0.29) is 6.04 Å². The van der Waals surface area contributed by atoms with Gasteiger partial charge in [0.05, 0.1) is 5.69 Å². The highest BCUT2D eigenvalue weighted by molar-refractivity contribution is 5.25. The lowest BCUT2D eigenvalue weighted by Crippen LogP contribution is -2.22. The van der Waals surface area contributed by atoms with Crippen LogP contribution in [0.2, 0.25) is 0 Å². The first-order valence-electron chi connectivity index (χ1n) is 5.20. The van der Waals surface area contributed by atoms with E-state index in [2.05, 4.69) is 23.9 Å². The second kappa shape index (κ2) is 4.99. The summed E-state index contributed by atoms with van der Waals surface area (Å²) in [4.78, 5) is 0. The van der Waals surface area contributed by atoms with Gasteiger partial charge in [0.15, 0.2) is 0 Å². The predicted octanol–water partition coefficient (Wildman–Crippen LogP) is 1.32. The molecule has 1 heterocycles. The summed E-state index contributed by atoms with van der Waals surface area (Å²) in [6, 6.07) is 0.110. The van der Waals surface area contributed by atoms with E-state index in [1.807, 2.05) is 25.6 Å². The molecule has 0 aliphatic carbocycles. The van der Waals surface area contributed by atoms with Gasteiger partial charge in [-0.3, -0.25) is 4.68 Å². The Balaban J connectivity index is 2.74. The van der Waals surface area contributed by atoms with Crippen molar-refractivity contribution in [1.29, 1.82) is 0 Å². The minimum absolute atomic E-state index is 0.110. The lowest BCUT2D eigenvalue weighted by atomic mass is 10.0. The topological polar surface area (TPSA) is 43.8 Å². The molecule has 3 nitrogen and oxygen atoms in total. The maximum Gasteiger partial charge on any atom is 0.0628 e. The van der Waals surface area contributed by atoms with Gasteiger partial charge in [-0.15, -0.1) is 11.8 Å². The van der Waals surface area contributed by atoms with Crippen LogP contribution in [0.25, 0.3) is 0 Å². The molecular weight excluding hydrogens is 186 g/mol. The zero-order valence-electron chi connectivity index (χ0n) is 9.96. The van der Waals surface area contributed by atoms with Gasteiger partial charge in [-0.1, -0.05) is 0 Å². The van der Waals surface area contributed by atoms with Gasteiger partial charge in [0.1, 0.15) is 0 Å². The molecule has 0 spiro atoms. The van der Waals surface area contributed by atoms with Crippen molar-refractivity contribution in [3.8, 4) is 11.8 Å². The lowest BCUT2D eigenvalue weighted by molar-refractivity contribution is 0.681. The molecule has 1 atom stereocenters. The smallest absolute Gasteiger partial charge is 0.0628 e. The van der Waals surface area contributed by atoms with Gasteiger partial charge in [-0.2, -0.15) is 5.10 Å². The normalized spacial score (nSPS) is 12.1. The van der Waals surface area contributed by atoms with Crippen LogP contribution in [-0.2, 0) is 13.5 Å². The standard InChI is InChI=1S/C12H19N3/c1-5-6-7-11(13)8-12-9(2)14-15(4)10(12)3/h11H,7-8,13H2,1-4H3. The minimum Gasteiger partial charge on any atom is -0.327 e. The summed E-state index contributed by atoms with van der Waals surface area (Å²) >= 11 is 0. The van der Waals surface area contributed by atoms with Crippen LogP contribution in [0.5, 0.6) is 0 Å². The molecule has 3 heteroatoms. The van der Waals surface area contributed by atoms with Crippen molar-refractivity contribution in [2.45, 2.75) is 39.7 Å². The number of hydrogen-bond acceptors (Lipinski definition) is 2. The van der Waals surface area contributed by atoms with Crippen LogP contribution in [0, 0.1) is 25.7 Å². The van der Waals surface area contributed by atoms with E-state index in [0.717, 1.165) is 18.5 Å². The van der Waals surface area contributed by atoms with E-state index < -0.39 is 0 Å². The summed E-state index contributed by atoms with van der Waals surface area (Å²) in [6.45, 7) is 5.95. The number of hydrogen-bond donors (Lipinski definition) is 1. The summed E-state index contributed by atoms with van der Waals surface area (Å²) in [5, 5.41) is 4.37. The van der Waals surface area contributed by atoms with E-state index in [1.54, 1.807) is 0 Å². The van der Waals surface area contributed by atoms with Crippen LogP contribution in [0.15, 0.2) is 0 Å².